The second-order valence-electron chi connectivity index (χ2n) is 3.01. The highest BCUT2D eigenvalue weighted by Crippen LogP contribution is 2.13. The lowest BCUT2D eigenvalue weighted by Crippen LogP contribution is -2.50. The summed E-state index contributed by atoms with van der Waals surface area (Å²) in [7, 11) is 0. The van der Waals surface area contributed by atoms with Crippen molar-refractivity contribution in [1.82, 2.24) is 5.43 Å². The zero-order valence-electron chi connectivity index (χ0n) is 5.73. The average molecular weight is 117 g/mol. The minimum Gasteiger partial charge on any atom is -0.314 e. The summed E-state index contributed by atoms with van der Waals surface area (Å²) in [5.41, 5.74) is 8.05. The minimum atomic E-state index is -0.123. The average Bonchev–Trinajstić information content (AvgIpc) is 1.62. The lowest BCUT2D eigenvalue weighted by Gasteiger charge is -2.25. The van der Waals surface area contributed by atoms with Gasteiger partial charge < -0.3 is 5.73 Å². The number of hydrogen-bond acceptors (Lipinski definition) is 3. The van der Waals surface area contributed by atoms with Crippen molar-refractivity contribution in [1.29, 1.82) is 0 Å². The molecule has 0 aliphatic rings. The van der Waals surface area contributed by atoms with E-state index in [9.17, 15) is 0 Å². The van der Waals surface area contributed by atoms with Crippen molar-refractivity contribution < 1.29 is 0 Å². The Labute approximate surface area is 50.4 Å². The molecule has 0 aromatic carbocycles. The van der Waals surface area contributed by atoms with E-state index in [1.165, 1.54) is 0 Å². The molecule has 1 atom stereocenters. The van der Waals surface area contributed by atoms with Crippen LogP contribution in [0.15, 0.2) is 0 Å². The van der Waals surface area contributed by atoms with Gasteiger partial charge in [-0.25, -0.2) is 5.43 Å². The fourth-order valence-electron chi connectivity index (χ4n) is 0.250. The van der Waals surface area contributed by atoms with Crippen molar-refractivity contribution in [2.75, 3.05) is 0 Å². The summed E-state index contributed by atoms with van der Waals surface area (Å²) in [6.45, 7) is 6.08. The maximum Gasteiger partial charge on any atom is 0.0725 e. The first-order valence-electron chi connectivity index (χ1n) is 2.70. The quantitative estimate of drug-likeness (QED) is 0.253. The second-order valence-corrected chi connectivity index (χ2v) is 3.01. The molecular formula is C5H15N3. The highest BCUT2D eigenvalue weighted by Gasteiger charge is 2.17. The van der Waals surface area contributed by atoms with Gasteiger partial charge in [0, 0.05) is 0 Å². The highest BCUT2D eigenvalue weighted by atomic mass is 15.3. The number of nitrogens with two attached hydrogens (primary N) is 2. The van der Waals surface area contributed by atoms with Crippen molar-refractivity contribution >= 4 is 0 Å². The van der Waals surface area contributed by atoms with Crippen LogP contribution in [0.25, 0.3) is 0 Å². The molecular weight excluding hydrogens is 102 g/mol. The number of nitrogens with one attached hydrogen (secondary N) is 1. The van der Waals surface area contributed by atoms with Gasteiger partial charge in [0.25, 0.3) is 0 Å². The van der Waals surface area contributed by atoms with Crippen molar-refractivity contribution in [2.24, 2.45) is 17.0 Å². The SMILES string of the molecule is CC(C)(C)C(N)NN. The van der Waals surface area contributed by atoms with Crippen LogP contribution >= 0.6 is 0 Å². The Balaban J connectivity index is 3.62. The zero-order valence-corrected chi connectivity index (χ0v) is 5.73. The van der Waals surface area contributed by atoms with E-state index in [0.29, 0.717) is 0 Å². The molecule has 0 spiro atoms. The molecule has 0 bridgehead atoms. The zero-order chi connectivity index (χ0) is 6.78. The molecule has 0 fully saturated rings. The standard InChI is InChI=1S/C5H15N3/c1-5(2,3)4(6)8-7/h4,8H,6-7H2,1-3H3. The monoisotopic (exact) mass is 117 g/mol. The van der Waals surface area contributed by atoms with Gasteiger partial charge in [-0.2, -0.15) is 0 Å². The first-order valence-corrected chi connectivity index (χ1v) is 2.70. The van der Waals surface area contributed by atoms with Crippen LogP contribution in [-0.2, 0) is 0 Å². The largest absolute Gasteiger partial charge is 0.314 e. The smallest absolute Gasteiger partial charge is 0.0725 e. The van der Waals surface area contributed by atoms with Gasteiger partial charge in [0.05, 0.1) is 6.17 Å². The van der Waals surface area contributed by atoms with Crippen LogP contribution in [0.4, 0.5) is 0 Å². The molecule has 0 saturated carbocycles. The van der Waals surface area contributed by atoms with Crippen LogP contribution in [0.3, 0.4) is 0 Å². The molecule has 5 N–H and O–H groups in total. The molecule has 50 valence electrons. The van der Waals surface area contributed by atoms with Crippen LogP contribution in [-0.4, -0.2) is 6.17 Å². The normalized spacial score (nSPS) is 16.1. The molecule has 0 aliphatic heterocycles. The van der Waals surface area contributed by atoms with E-state index in [1.807, 2.05) is 20.8 Å². The molecule has 0 heterocycles. The Bertz CT molecular complexity index is 64.6. The Morgan fingerprint density at radius 3 is 1.75 bits per heavy atom. The highest BCUT2D eigenvalue weighted by molar-refractivity contribution is 4.71. The van der Waals surface area contributed by atoms with Gasteiger partial charge in [-0.1, -0.05) is 20.8 Å². The van der Waals surface area contributed by atoms with Gasteiger partial charge in [0.15, 0.2) is 0 Å². The third-order valence-electron chi connectivity index (χ3n) is 1.11. The minimum absolute atomic E-state index is 0.0503. The topological polar surface area (TPSA) is 64.1 Å². The number of hydrogen-bond donors (Lipinski definition) is 3. The molecule has 0 rings (SSSR count). The summed E-state index contributed by atoms with van der Waals surface area (Å²) >= 11 is 0. The summed E-state index contributed by atoms with van der Waals surface area (Å²) in [5, 5.41) is 0. The predicted octanol–water partition coefficient (Wildman–Crippen LogP) is -0.219. The third-order valence-corrected chi connectivity index (χ3v) is 1.11. The lowest BCUT2D eigenvalue weighted by molar-refractivity contribution is 0.277. The molecule has 0 aromatic rings. The van der Waals surface area contributed by atoms with Gasteiger partial charge in [-0.05, 0) is 5.41 Å². The lowest BCUT2D eigenvalue weighted by atomic mass is 9.93. The molecule has 0 aliphatic carbocycles. The molecule has 3 nitrogen and oxygen atoms in total. The van der Waals surface area contributed by atoms with Gasteiger partial charge in [0.1, 0.15) is 0 Å². The van der Waals surface area contributed by atoms with Crippen molar-refractivity contribution in [3.63, 3.8) is 0 Å². The first kappa shape index (κ1) is 7.88. The Morgan fingerprint density at radius 1 is 1.38 bits per heavy atom. The second kappa shape index (κ2) is 2.44. The van der Waals surface area contributed by atoms with Crippen LogP contribution in [0, 0.1) is 5.41 Å². The van der Waals surface area contributed by atoms with Gasteiger partial charge in [-0.3, -0.25) is 5.84 Å². The van der Waals surface area contributed by atoms with E-state index in [-0.39, 0.29) is 11.6 Å². The predicted molar refractivity (Wildman–Crippen MR) is 34.8 cm³/mol. The molecule has 0 radical (unpaired) electrons. The molecule has 0 amide bonds. The number of hydrazine groups is 1. The molecule has 8 heavy (non-hydrogen) atoms. The molecule has 1 unspecified atom stereocenters. The van der Waals surface area contributed by atoms with E-state index < -0.39 is 0 Å². The van der Waals surface area contributed by atoms with Gasteiger partial charge >= 0.3 is 0 Å². The van der Waals surface area contributed by atoms with E-state index in [1.54, 1.807) is 0 Å². The van der Waals surface area contributed by atoms with Crippen LogP contribution in [0.5, 0.6) is 0 Å². The fourth-order valence-corrected chi connectivity index (χ4v) is 0.250. The molecule has 0 saturated heterocycles. The van der Waals surface area contributed by atoms with Gasteiger partial charge in [0.2, 0.25) is 0 Å². The Morgan fingerprint density at radius 2 is 1.75 bits per heavy atom. The summed E-state index contributed by atoms with van der Waals surface area (Å²) in [4.78, 5) is 0. The Kier molecular flexibility index (Phi) is 2.40. The first-order chi connectivity index (χ1) is 3.48. The Hall–Kier alpha value is -0.120. The number of rotatable bonds is 1. The summed E-state index contributed by atoms with van der Waals surface area (Å²) in [6.07, 6.45) is -0.123. The maximum absolute atomic E-state index is 5.51. The third kappa shape index (κ3) is 2.26. The fraction of sp³-hybridized carbons (Fsp3) is 1.00. The molecule has 3 heteroatoms. The summed E-state index contributed by atoms with van der Waals surface area (Å²) in [6, 6.07) is 0. The van der Waals surface area contributed by atoms with Crippen molar-refractivity contribution in [3.05, 3.63) is 0 Å². The van der Waals surface area contributed by atoms with Crippen LogP contribution in [0.2, 0.25) is 0 Å². The van der Waals surface area contributed by atoms with Crippen molar-refractivity contribution in [2.45, 2.75) is 26.9 Å². The van der Waals surface area contributed by atoms with Crippen LogP contribution in [0.1, 0.15) is 20.8 Å². The van der Waals surface area contributed by atoms with Gasteiger partial charge in [-0.15, -0.1) is 0 Å². The van der Waals surface area contributed by atoms with E-state index in [0.717, 1.165) is 0 Å². The van der Waals surface area contributed by atoms with E-state index in [2.05, 4.69) is 5.43 Å². The summed E-state index contributed by atoms with van der Waals surface area (Å²) in [5.74, 6) is 5.08. The van der Waals surface area contributed by atoms with Crippen molar-refractivity contribution in [3.8, 4) is 0 Å². The van der Waals surface area contributed by atoms with E-state index >= 15 is 0 Å². The maximum atomic E-state index is 5.51. The summed E-state index contributed by atoms with van der Waals surface area (Å²) < 4.78 is 0. The van der Waals surface area contributed by atoms with Crippen LogP contribution < -0.4 is 17.0 Å². The molecule has 0 aromatic heterocycles. The van der Waals surface area contributed by atoms with E-state index in [4.69, 9.17) is 11.6 Å².